The summed E-state index contributed by atoms with van der Waals surface area (Å²) in [6, 6.07) is 10.7. The van der Waals surface area contributed by atoms with Crippen molar-refractivity contribution in [2.24, 2.45) is 10.7 Å². The largest absolute Gasteiger partial charge is 0.493 e. The predicted octanol–water partition coefficient (Wildman–Crippen LogP) is 3.34. The van der Waals surface area contributed by atoms with Crippen LogP contribution in [0.25, 0.3) is 0 Å². The zero-order valence-electron chi connectivity index (χ0n) is 19.8. The molecule has 1 aliphatic heterocycles. The van der Waals surface area contributed by atoms with Crippen LogP contribution >= 0.6 is 23.2 Å². The molecule has 3 amide bonds. The number of aliphatic imine (C=N–C) groups is 1. The Morgan fingerprint density at radius 1 is 1.18 bits per heavy atom. The van der Waals surface area contributed by atoms with Crippen molar-refractivity contribution in [2.45, 2.75) is 13.1 Å². The first kappa shape index (κ1) is 26.8. The molecule has 4 N–H and O–H groups in total. The number of benzene rings is 2. The smallest absolute Gasteiger partial charge is 0.269 e. The highest BCUT2D eigenvalue weighted by atomic mass is 35.5. The van der Waals surface area contributed by atoms with Gasteiger partial charge in [-0.15, -0.1) is 0 Å². The number of benzodiazepines with no additional fused rings is 1. The normalized spacial score (nSPS) is 14.5. The topological polar surface area (TPSA) is 145 Å². The average molecular weight is 560 g/mol. The fourth-order valence-electron chi connectivity index (χ4n) is 3.65. The Kier molecular flexibility index (Phi) is 8.08. The molecule has 3 aromatic rings. The number of aromatic nitrogens is 1. The second-order valence-corrected chi connectivity index (χ2v) is 8.69. The van der Waals surface area contributed by atoms with Crippen LogP contribution in [0, 0.1) is 5.82 Å². The summed E-state index contributed by atoms with van der Waals surface area (Å²) in [6.07, 6.45) is -0.700. The molecule has 0 aliphatic carbocycles. The molecule has 4 rings (SSSR count). The molecule has 2 aromatic carbocycles. The quantitative estimate of drug-likeness (QED) is 0.386. The maximum atomic E-state index is 13.9. The zero-order chi connectivity index (χ0) is 27.4. The maximum absolute atomic E-state index is 13.9. The summed E-state index contributed by atoms with van der Waals surface area (Å²) in [5.74, 6) is -3.36. The Bertz CT molecular complexity index is 1470. The molecule has 0 unspecified atom stereocenters. The van der Waals surface area contributed by atoms with Crippen molar-refractivity contribution >= 4 is 52.3 Å². The highest BCUT2D eigenvalue weighted by Crippen LogP contribution is 2.36. The number of hydrogen-bond acceptors (Lipinski definition) is 7. The van der Waals surface area contributed by atoms with Crippen LogP contribution in [0.2, 0.25) is 10.0 Å². The van der Waals surface area contributed by atoms with Gasteiger partial charge in [0.15, 0.2) is 6.61 Å². The van der Waals surface area contributed by atoms with Gasteiger partial charge < -0.3 is 25.8 Å². The van der Waals surface area contributed by atoms with Gasteiger partial charge in [0.05, 0.1) is 34.8 Å². The number of fused-ring (bicyclic) bond motifs is 1. The van der Waals surface area contributed by atoms with Crippen LogP contribution < -0.4 is 25.8 Å². The molecule has 38 heavy (non-hydrogen) atoms. The van der Waals surface area contributed by atoms with Gasteiger partial charge in [-0.1, -0.05) is 41.4 Å². The minimum atomic E-state index is -1.50. The number of ether oxygens (including phenoxy) is 2. The minimum absolute atomic E-state index is 0.199. The SMILES string of the molecule is CCOc1cc(Cl)cc(Cl)c1C1=N[C@H](NC(=O)c2cc(F)cnc2OCC(N)=O)C(=O)Nc2ccccc21. The number of carbonyl (C=O) groups excluding carboxylic acids is 3. The van der Waals surface area contributed by atoms with Crippen LogP contribution in [0.4, 0.5) is 10.1 Å². The standard InChI is InChI=1S/C25H20Cl2FN5O5/c1-2-37-18-8-12(26)7-16(27)20(18)21-14-5-3-4-6-17(14)31-24(36)22(32-21)33-23(35)15-9-13(28)10-30-25(15)38-11-19(29)34/h3-10,22H,2,11H2,1H3,(H2,29,34)(H,31,36)(H,33,35)/t22-/m1/s1. The van der Waals surface area contributed by atoms with Crippen molar-refractivity contribution in [1.29, 1.82) is 0 Å². The summed E-state index contributed by atoms with van der Waals surface area (Å²) < 4.78 is 24.8. The Labute approximate surface area is 225 Å². The average Bonchev–Trinajstić information content (AvgIpc) is 2.99. The van der Waals surface area contributed by atoms with E-state index in [1.165, 1.54) is 6.07 Å². The first-order valence-corrected chi connectivity index (χ1v) is 11.9. The number of primary amides is 1. The summed E-state index contributed by atoms with van der Waals surface area (Å²) in [5.41, 5.74) is 6.19. The summed E-state index contributed by atoms with van der Waals surface area (Å²) >= 11 is 12.8. The van der Waals surface area contributed by atoms with E-state index < -0.39 is 36.3 Å². The molecule has 0 saturated heterocycles. The first-order chi connectivity index (χ1) is 18.2. The number of rotatable bonds is 8. The molecule has 1 atom stereocenters. The Hall–Kier alpha value is -4.22. The van der Waals surface area contributed by atoms with Crippen LogP contribution in [0.5, 0.6) is 11.6 Å². The number of para-hydroxylation sites is 1. The molecular weight excluding hydrogens is 540 g/mol. The van der Waals surface area contributed by atoms with Crippen LogP contribution in [-0.2, 0) is 9.59 Å². The first-order valence-electron chi connectivity index (χ1n) is 11.2. The van der Waals surface area contributed by atoms with Crippen molar-refractivity contribution in [3.63, 3.8) is 0 Å². The van der Waals surface area contributed by atoms with Crippen molar-refractivity contribution in [3.05, 3.63) is 81.2 Å². The predicted molar refractivity (Wildman–Crippen MR) is 138 cm³/mol. The van der Waals surface area contributed by atoms with Gasteiger partial charge in [-0.05, 0) is 31.2 Å². The molecule has 0 saturated carbocycles. The molecule has 0 fully saturated rings. The van der Waals surface area contributed by atoms with Gasteiger partial charge in [0.2, 0.25) is 12.0 Å². The van der Waals surface area contributed by atoms with Gasteiger partial charge in [0, 0.05) is 10.6 Å². The summed E-state index contributed by atoms with van der Waals surface area (Å²) in [7, 11) is 0. The number of amides is 3. The number of nitrogens with zero attached hydrogens (tertiary/aromatic N) is 2. The summed E-state index contributed by atoms with van der Waals surface area (Å²) in [6.45, 7) is 1.47. The molecule has 0 radical (unpaired) electrons. The van der Waals surface area contributed by atoms with Crippen LogP contribution in [0.1, 0.15) is 28.4 Å². The third-order valence-electron chi connectivity index (χ3n) is 5.18. The third kappa shape index (κ3) is 5.84. The van der Waals surface area contributed by atoms with Crippen LogP contribution in [0.15, 0.2) is 53.7 Å². The van der Waals surface area contributed by atoms with E-state index in [0.29, 0.717) is 27.6 Å². The number of pyridine rings is 1. The van der Waals surface area contributed by atoms with Gasteiger partial charge in [-0.2, -0.15) is 0 Å². The van der Waals surface area contributed by atoms with E-state index >= 15 is 0 Å². The summed E-state index contributed by atoms with van der Waals surface area (Å²) in [4.78, 5) is 45.6. The highest BCUT2D eigenvalue weighted by Gasteiger charge is 2.30. The van der Waals surface area contributed by atoms with Crippen LogP contribution in [0.3, 0.4) is 0 Å². The molecule has 0 spiro atoms. The molecular formula is C25H20Cl2FN5O5. The van der Waals surface area contributed by atoms with Crippen molar-refractivity contribution < 1.29 is 28.2 Å². The lowest BCUT2D eigenvalue weighted by Crippen LogP contribution is -2.42. The Balaban J connectivity index is 1.80. The van der Waals surface area contributed by atoms with Gasteiger partial charge in [0.25, 0.3) is 17.7 Å². The zero-order valence-corrected chi connectivity index (χ0v) is 21.3. The second kappa shape index (κ2) is 11.4. The fraction of sp³-hybridized carbons (Fsp3) is 0.160. The van der Waals surface area contributed by atoms with Gasteiger partial charge in [-0.25, -0.2) is 14.4 Å². The molecule has 196 valence electrons. The monoisotopic (exact) mass is 559 g/mol. The number of nitrogens with one attached hydrogen (secondary N) is 2. The second-order valence-electron chi connectivity index (χ2n) is 7.84. The highest BCUT2D eigenvalue weighted by molar-refractivity contribution is 6.39. The molecule has 1 aliphatic rings. The number of nitrogens with two attached hydrogens (primary N) is 1. The molecule has 13 heteroatoms. The lowest BCUT2D eigenvalue weighted by atomic mass is 9.99. The Morgan fingerprint density at radius 2 is 1.95 bits per heavy atom. The van der Waals surface area contributed by atoms with Gasteiger partial charge >= 0.3 is 0 Å². The third-order valence-corrected chi connectivity index (χ3v) is 5.70. The van der Waals surface area contributed by atoms with Crippen LogP contribution in [-0.4, -0.2) is 47.8 Å². The van der Waals surface area contributed by atoms with E-state index in [-0.39, 0.29) is 28.8 Å². The van der Waals surface area contributed by atoms with E-state index in [2.05, 4.69) is 20.6 Å². The molecule has 1 aromatic heterocycles. The maximum Gasteiger partial charge on any atom is 0.269 e. The van der Waals surface area contributed by atoms with Gasteiger partial charge in [0.1, 0.15) is 17.1 Å². The lowest BCUT2D eigenvalue weighted by molar-refractivity contribution is -0.120. The Morgan fingerprint density at radius 3 is 2.68 bits per heavy atom. The van der Waals surface area contributed by atoms with E-state index in [4.69, 9.17) is 38.4 Å². The van der Waals surface area contributed by atoms with E-state index in [9.17, 15) is 18.8 Å². The minimum Gasteiger partial charge on any atom is -0.493 e. The number of halogens is 3. The number of anilines is 1. The van der Waals surface area contributed by atoms with Crippen molar-refractivity contribution in [2.75, 3.05) is 18.5 Å². The van der Waals surface area contributed by atoms with E-state index in [1.54, 1.807) is 37.3 Å². The molecule has 0 bridgehead atoms. The van der Waals surface area contributed by atoms with Crippen molar-refractivity contribution in [1.82, 2.24) is 10.3 Å². The van der Waals surface area contributed by atoms with Gasteiger partial charge in [-0.3, -0.25) is 14.4 Å². The van der Waals surface area contributed by atoms with Crippen molar-refractivity contribution in [3.8, 4) is 11.6 Å². The molecule has 10 nitrogen and oxygen atoms in total. The molecule has 2 heterocycles. The number of carbonyl (C=O) groups is 3. The van der Waals surface area contributed by atoms with E-state index in [1.807, 2.05) is 0 Å². The fourth-order valence-corrected chi connectivity index (χ4v) is 4.21. The summed E-state index contributed by atoms with van der Waals surface area (Å²) in [5, 5.41) is 5.69. The number of hydrogen-bond donors (Lipinski definition) is 3. The lowest BCUT2D eigenvalue weighted by Gasteiger charge is -2.17. The van der Waals surface area contributed by atoms with E-state index in [0.717, 1.165) is 12.3 Å².